The lowest BCUT2D eigenvalue weighted by molar-refractivity contribution is 0.318. The Hall–Kier alpha value is -1.53. The van der Waals surface area contributed by atoms with Gasteiger partial charge in [-0.2, -0.15) is 0 Å². The van der Waals surface area contributed by atoms with Gasteiger partial charge in [0.1, 0.15) is 0 Å². The van der Waals surface area contributed by atoms with Crippen LogP contribution >= 0.6 is 27.3 Å². The quantitative estimate of drug-likeness (QED) is 0.389. The number of hydrogen-bond acceptors (Lipinski definition) is 4. The van der Waals surface area contributed by atoms with Crippen LogP contribution in [-0.2, 0) is 6.54 Å². The number of benzene rings is 1. The van der Waals surface area contributed by atoms with Crippen molar-refractivity contribution in [2.75, 3.05) is 11.9 Å². The summed E-state index contributed by atoms with van der Waals surface area (Å²) in [7, 11) is 2.03. The monoisotopic (exact) mass is 339 g/mol. The van der Waals surface area contributed by atoms with E-state index in [0.29, 0.717) is 5.56 Å². The molecule has 1 heterocycles. The second kappa shape index (κ2) is 6.08. The van der Waals surface area contributed by atoms with Gasteiger partial charge in [-0.05, 0) is 45.6 Å². The largest absolute Gasteiger partial charge is 0.409 e. The maximum absolute atomic E-state index is 8.67. The van der Waals surface area contributed by atoms with Crippen molar-refractivity contribution >= 4 is 38.8 Å². The van der Waals surface area contributed by atoms with Gasteiger partial charge in [0.15, 0.2) is 5.84 Å². The van der Waals surface area contributed by atoms with Crippen LogP contribution in [0.15, 0.2) is 45.3 Å². The molecule has 19 heavy (non-hydrogen) atoms. The molecule has 0 atom stereocenters. The first-order valence-corrected chi connectivity index (χ1v) is 7.30. The highest BCUT2D eigenvalue weighted by Gasteiger charge is 2.09. The number of oxime groups is 1. The van der Waals surface area contributed by atoms with Crippen molar-refractivity contribution in [2.24, 2.45) is 10.9 Å². The summed E-state index contributed by atoms with van der Waals surface area (Å²) in [6.45, 7) is 0.846. The van der Waals surface area contributed by atoms with Crippen molar-refractivity contribution < 1.29 is 5.21 Å². The summed E-state index contributed by atoms with van der Waals surface area (Å²) in [5.41, 5.74) is 7.31. The number of halogens is 1. The molecule has 0 aliphatic carbocycles. The van der Waals surface area contributed by atoms with Crippen LogP contribution in [0.4, 0.5) is 5.69 Å². The van der Waals surface area contributed by atoms with E-state index in [-0.39, 0.29) is 5.84 Å². The van der Waals surface area contributed by atoms with E-state index in [4.69, 9.17) is 10.9 Å². The molecule has 0 unspecified atom stereocenters. The van der Waals surface area contributed by atoms with Gasteiger partial charge in [0, 0.05) is 22.0 Å². The smallest absolute Gasteiger partial charge is 0.170 e. The summed E-state index contributed by atoms with van der Waals surface area (Å²) in [4.78, 5) is 3.45. The van der Waals surface area contributed by atoms with E-state index in [0.717, 1.165) is 16.7 Å². The number of hydrogen-bond donors (Lipinski definition) is 2. The molecule has 2 rings (SSSR count). The van der Waals surface area contributed by atoms with Crippen LogP contribution in [0.1, 0.15) is 10.4 Å². The molecule has 4 nitrogen and oxygen atoms in total. The van der Waals surface area contributed by atoms with Crippen LogP contribution in [0.3, 0.4) is 0 Å². The van der Waals surface area contributed by atoms with Gasteiger partial charge in [0.05, 0.1) is 12.2 Å². The van der Waals surface area contributed by atoms with Gasteiger partial charge in [-0.1, -0.05) is 11.2 Å². The summed E-state index contributed by atoms with van der Waals surface area (Å²) < 4.78 is 0.913. The fraction of sp³-hybridized carbons (Fsp3) is 0.154. The van der Waals surface area contributed by atoms with Crippen molar-refractivity contribution in [2.45, 2.75) is 6.54 Å². The molecule has 100 valence electrons. The van der Waals surface area contributed by atoms with Crippen LogP contribution in [0.25, 0.3) is 0 Å². The predicted octanol–water partition coefficient (Wildman–Crippen LogP) is 3.24. The topological polar surface area (TPSA) is 61.8 Å². The molecule has 6 heteroatoms. The van der Waals surface area contributed by atoms with Gasteiger partial charge in [-0.15, -0.1) is 11.3 Å². The lowest BCUT2D eigenvalue weighted by Crippen LogP contribution is -2.17. The zero-order valence-electron chi connectivity index (χ0n) is 10.4. The van der Waals surface area contributed by atoms with Crippen LogP contribution in [0.2, 0.25) is 0 Å². The summed E-state index contributed by atoms with van der Waals surface area (Å²) in [6.07, 6.45) is 0. The van der Waals surface area contributed by atoms with Gasteiger partial charge < -0.3 is 15.8 Å². The molecule has 0 saturated heterocycles. The summed E-state index contributed by atoms with van der Waals surface area (Å²) in [5.74, 6) is 0.105. The van der Waals surface area contributed by atoms with E-state index in [1.807, 2.05) is 31.3 Å². The second-order valence-corrected chi connectivity index (χ2v) is 5.97. The maximum Gasteiger partial charge on any atom is 0.170 e. The lowest BCUT2D eigenvalue weighted by atomic mass is 10.2. The van der Waals surface area contributed by atoms with Crippen molar-refractivity contribution in [1.82, 2.24) is 0 Å². The number of nitrogens with two attached hydrogens (primary N) is 1. The Labute approximate surface area is 124 Å². The first-order valence-electron chi connectivity index (χ1n) is 5.63. The van der Waals surface area contributed by atoms with Gasteiger partial charge in [-0.25, -0.2) is 0 Å². The van der Waals surface area contributed by atoms with Gasteiger partial charge in [-0.3, -0.25) is 0 Å². The molecule has 0 fully saturated rings. The van der Waals surface area contributed by atoms with Gasteiger partial charge >= 0.3 is 0 Å². The Kier molecular flexibility index (Phi) is 4.44. The third kappa shape index (κ3) is 3.27. The fourth-order valence-corrected chi connectivity index (χ4v) is 3.19. The highest BCUT2D eigenvalue weighted by atomic mass is 79.9. The highest BCUT2D eigenvalue weighted by Crippen LogP contribution is 2.28. The standard InChI is InChI=1S/C13H14BrN3OS/c1-17(8-10-3-2-6-19-10)12-5-4-9(7-11(12)14)13(15)16-18/h2-7,18H,8H2,1H3,(H2,15,16). The minimum Gasteiger partial charge on any atom is -0.409 e. The summed E-state index contributed by atoms with van der Waals surface area (Å²) >= 11 is 5.25. The number of thiophene rings is 1. The third-order valence-corrected chi connectivity index (χ3v) is 4.23. The van der Waals surface area contributed by atoms with Crippen molar-refractivity contribution in [1.29, 1.82) is 0 Å². The molecule has 1 aromatic carbocycles. The highest BCUT2D eigenvalue weighted by molar-refractivity contribution is 9.10. The lowest BCUT2D eigenvalue weighted by Gasteiger charge is -2.20. The summed E-state index contributed by atoms with van der Waals surface area (Å²) in [6, 6.07) is 9.78. The Morgan fingerprint density at radius 1 is 1.47 bits per heavy atom. The third-order valence-electron chi connectivity index (χ3n) is 2.74. The molecule has 0 aliphatic heterocycles. The maximum atomic E-state index is 8.67. The zero-order valence-corrected chi connectivity index (χ0v) is 12.8. The van der Waals surface area contributed by atoms with E-state index in [2.05, 4.69) is 37.4 Å². The Morgan fingerprint density at radius 3 is 2.84 bits per heavy atom. The van der Waals surface area contributed by atoms with Gasteiger partial charge in [0.25, 0.3) is 0 Å². The molecule has 1 aromatic heterocycles. The number of nitrogens with zero attached hydrogens (tertiary/aromatic N) is 2. The predicted molar refractivity (Wildman–Crippen MR) is 83.1 cm³/mol. The van der Waals surface area contributed by atoms with Gasteiger partial charge in [0.2, 0.25) is 0 Å². The molecule has 0 amide bonds. The molecule has 3 N–H and O–H groups in total. The first kappa shape index (κ1) is 13.9. The van der Waals surface area contributed by atoms with Crippen LogP contribution < -0.4 is 10.6 Å². The normalized spacial score (nSPS) is 11.6. The van der Waals surface area contributed by atoms with E-state index in [1.54, 1.807) is 11.3 Å². The van der Waals surface area contributed by atoms with Crippen LogP contribution in [-0.4, -0.2) is 18.1 Å². The second-order valence-electron chi connectivity index (χ2n) is 4.09. The minimum atomic E-state index is 0.105. The molecule has 2 aromatic rings. The average Bonchev–Trinajstić information content (AvgIpc) is 2.90. The first-order chi connectivity index (χ1) is 9.11. The molecular formula is C13H14BrN3OS. The molecule has 0 aliphatic rings. The molecule has 0 radical (unpaired) electrons. The number of anilines is 1. The zero-order chi connectivity index (χ0) is 13.8. The van der Waals surface area contributed by atoms with E-state index < -0.39 is 0 Å². The van der Waals surface area contributed by atoms with E-state index in [1.165, 1.54) is 4.88 Å². The molecular weight excluding hydrogens is 326 g/mol. The molecule has 0 bridgehead atoms. The molecule has 0 saturated carbocycles. The average molecular weight is 340 g/mol. The SMILES string of the molecule is CN(Cc1cccs1)c1ccc(/C(N)=N/O)cc1Br. The van der Waals surface area contributed by atoms with Crippen molar-refractivity contribution in [3.05, 3.63) is 50.6 Å². The van der Waals surface area contributed by atoms with Crippen LogP contribution in [0.5, 0.6) is 0 Å². The minimum absolute atomic E-state index is 0.105. The number of amidine groups is 1. The Balaban J connectivity index is 2.21. The van der Waals surface area contributed by atoms with Crippen molar-refractivity contribution in [3.63, 3.8) is 0 Å². The Morgan fingerprint density at radius 2 is 2.26 bits per heavy atom. The Bertz CT molecular complexity index is 584. The molecule has 0 spiro atoms. The van der Waals surface area contributed by atoms with Crippen molar-refractivity contribution in [3.8, 4) is 0 Å². The summed E-state index contributed by atoms with van der Waals surface area (Å²) in [5, 5.41) is 13.7. The van der Waals surface area contributed by atoms with E-state index >= 15 is 0 Å². The van der Waals surface area contributed by atoms with Crippen LogP contribution in [0, 0.1) is 0 Å². The number of rotatable bonds is 4. The fourth-order valence-electron chi connectivity index (χ4n) is 1.76. The van der Waals surface area contributed by atoms with E-state index in [9.17, 15) is 0 Å².